The Morgan fingerprint density at radius 1 is 0.939 bits per heavy atom. The Labute approximate surface area is 200 Å². The number of pyridine rings is 1. The van der Waals surface area contributed by atoms with E-state index in [9.17, 15) is 0 Å². The fourth-order valence-electron chi connectivity index (χ4n) is 6.47. The molecule has 1 aliphatic carbocycles. The van der Waals surface area contributed by atoms with Crippen molar-refractivity contribution < 1.29 is 0 Å². The van der Waals surface area contributed by atoms with E-state index in [1.165, 1.54) is 97.9 Å². The van der Waals surface area contributed by atoms with Crippen molar-refractivity contribution >= 4 is 10.9 Å². The van der Waals surface area contributed by atoms with Crippen molar-refractivity contribution in [3.05, 3.63) is 52.8 Å². The largest absolute Gasteiger partial charge is 0.354 e. The van der Waals surface area contributed by atoms with E-state index < -0.39 is 0 Å². The van der Waals surface area contributed by atoms with Crippen LogP contribution in [0.4, 0.5) is 0 Å². The van der Waals surface area contributed by atoms with Gasteiger partial charge in [-0.3, -0.25) is 4.98 Å². The first-order valence-corrected chi connectivity index (χ1v) is 13.3. The summed E-state index contributed by atoms with van der Waals surface area (Å²) in [6.45, 7) is 12.7. The zero-order valence-corrected chi connectivity index (χ0v) is 21.1. The predicted molar refractivity (Wildman–Crippen MR) is 140 cm³/mol. The lowest BCUT2D eigenvalue weighted by molar-refractivity contribution is 0.164. The van der Waals surface area contributed by atoms with Gasteiger partial charge < -0.3 is 9.88 Å². The van der Waals surface area contributed by atoms with Crippen LogP contribution in [0.1, 0.15) is 93.1 Å². The van der Waals surface area contributed by atoms with E-state index in [0.29, 0.717) is 11.8 Å². The van der Waals surface area contributed by atoms with Crippen molar-refractivity contribution in [3.8, 4) is 11.3 Å². The number of nitrogens with one attached hydrogen (secondary N) is 1. The number of aromatic amines is 1. The van der Waals surface area contributed by atoms with Gasteiger partial charge in [-0.25, -0.2) is 0 Å². The normalized spacial score (nSPS) is 19.1. The smallest absolute Gasteiger partial charge is 0.0501 e. The first-order chi connectivity index (χ1) is 16.0. The molecule has 3 aromatic rings. The molecular weight excluding hydrogens is 402 g/mol. The molecule has 2 aromatic heterocycles. The Morgan fingerprint density at radius 3 is 2.30 bits per heavy atom. The maximum atomic E-state index is 4.59. The van der Waals surface area contributed by atoms with Crippen LogP contribution in [0.2, 0.25) is 0 Å². The average Bonchev–Trinajstić information content (AvgIpc) is 3.19. The minimum atomic E-state index is 0.468. The van der Waals surface area contributed by atoms with Crippen molar-refractivity contribution in [2.24, 2.45) is 5.92 Å². The zero-order valence-electron chi connectivity index (χ0n) is 21.1. The minimum absolute atomic E-state index is 0.468. The molecule has 176 valence electrons. The second-order valence-corrected chi connectivity index (χ2v) is 11.1. The van der Waals surface area contributed by atoms with Crippen LogP contribution in [0.5, 0.6) is 0 Å². The van der Waals surface area contributed by atoms with Crippen LogP contribution in [-0.2, 0) is 0 Å². The molecule has 3 heterocycles. The molecule has 0 bridgehead atoms. The number of benzene rings is 1. The predicted octanol–water partition coefficient (Wildman–Crippen LogP) is 7.73. The van der Waals surface area contributed by atoms with Crippen molar-refractivity contribution in [2.75, 3.05) is 19.6 Å². The summed E-state index contributed by atoms with van der Waals surface area (Å²) >= 11 is 0. The molecule has 1 N–H and O–H groups in total. The summed E-state index contributed by atoms with van der Waals surface area (Å²) in [7, 11) is 0. The monoisotopic (exact) mass is 443 g/mol. The molecule has 0 atom stereocenters. The van der Waals surface area contributed by atoms with Gasteiger partial charge in [0.05, 0.1) is 5.69 Å². The maximum Gasteiger partial charge on any atom is 0.0501 e. The Morgan fingerprint density at radius 2 is 1.64 bits per heavy atom. The highest BCUT2D eigenvalue weighted by molar-refractivity contribution is 5.92. The number of fused-ring (bicyclic) bond motifs is 1. The number of hydrogen-bond donors (Lipinski definition) is 1. The SMILES string of the molecule is Cc1cc(-c2[nH]c3ccc(C4CCN(CC5CCCCC5)CC4)cc3c2C(C)C)cc(C)n1. The van der Waals surface area contributed by atoms with Gasteiger partial charge in [-0.05, 0) is 106 Å². The maximum absolute atomic E-state index is 4.59. The fraction of sp³-hybridized carbons (Fsp3) is 0.567. The summed E-state index contributed by atoms with van der Waals surface area (Å²) in [6.07, 6.45) is 9.89. The first-order valence-electron chi connectivity index (χ1n) is 13.3. The van der Waals surface area contributed by atoms with Gasteiger partial charge in [0.2, 0.25) is 0 Å². The molecule has 3 nitrogen and oxygen atoms in total. The second-order valence-electron chi connectivity index (χ2n) is 11.1. The Balaban J connectivity index is 1.37. The van der Waals surface area contributed by atoms with E-state index in [1.54, 1.807) is 0 Å². The highest BCUT2D eigenvalue weighted by Crippen LogP contribution is 2.38. The molecule has 0 amide bonds. The van der Waals surface area contributed by atoms with E-state index in [1.807, 2.05) is 0 Å². The molecule has 0 spiro atoms. The van der Waals surface area contributed by atoms with Crippen LogP contribution < -0.4 is 0 Å². The highest BCUT2D eigenvalue weighted by Gasteiger charge is 2.25. The third-order valence-electron chi connectivity index (χ3n) is 8.11. The Kier molecular flexibility index (Phi) is 6.60. The summed E-state index contributed by atoms with van der Waals surface area (Å²) in [5.41, 5.74) is 8.95. The zero-order chi connectivity index (χ0) is 22.9. The molecule has 2 fully saturated rings. The van der Waals surface area contributed by atoms with Crippen LogP contribution in [0.15, 0.2) is 30.3 Å². The minimum Gasteiger partial charge on any atom is -0.354 e. The summed E-state index contributed by atoms with van der Waals surface area (Å²) in [5.74, 6) is 2.12. The average molecular weight is 444 g/mol. The lowest BCUT2D eigenvalue weighted by Gasteiger charge is -2.35. The fourth-order valence-corrected chi connectivity index (χ4v) is 6.47. The van der Waals surface area contributed by atoms with E-state index in [2.05, 4.69) is 72.9 Å². The van der Waals surface area contributed by atoms with Gasteiger partial charge in [0.15, 0.2) is 0 Å². The summed E-state index contributed by atoms with van der Waals surface area (Å²) in [5, 5.41) is 1.41. The summed E-state index contributed by atoms with van der Waals surface area (Å²) in [6, 6.07) is 11.7. The van der Waals surface area contributed by atoms with Crippen LogP contribution >= 0.6 is 0 Å². The number of aryl methyl sites for hydroxylation is 2. The molecule has 33 heavy (non-hydrogen) atoms. The number of H-pyrrole nitrogens is 1. The molecule has 0 unspecified atom stereocenters. The molecule has 1 saturated heterocycles. The Hall–Kier alpha value is -2.13. The quantitative estimate of drug-likeness (QED) is 0.437. The van der Waals surface area contributed by atoms with Gasteiger partial charge in [0, 0.05) is 34.4 Å². The number of nitrogens with zero attached hydrogens (tertiary/aromatic N) is 2. The van der Waals surface area contributed by atoms with Gasteiger partial charge in [0.25, 0.3) is 0 Å². The molecule has 1 aliphatic heterocycles. The summed E-state index contributed by atoms with van der Waals surface area (Å²) in [4.78, 5) is 11.1. The molecule has 0 radical (unpaired) electrons. The Bertz CT molecular complexity index is 1070. The van der Waals surface area contributed by atoms with Gasteiger partial charge in [-0.15, -0.1) is 0 Å². The molecule has 1 aromatic carbocycles. The first kappa shape index (κ1) is 22.7. The van der Waals surface area contributed by atoms with E-state index in [0.717, 1.165) is 17.3 Å². The van der Waals surface area contributed by atoms with Crippen molar-refractivity contribution in [2.45, 2.75) is 84.5 Å². The van der Waals surface area contributed by atoms with Crippen LogP contribution in [0.3, 0.4) is 0 Å². The van der Waals surface area contributed by atoms with Crippen LogP contribution in [-0.4, -0.2) is 34.5 Å². The number of likely N-dealkylation sites (tertiary alicyclic amines) is 1. The summed E-state index contributed by atoms with van der Waals surface area (Å²) < 4.78 is 0. The molecular formula is C30H41N3. The van der Waals surface area contributed by atoms with Crippen molar-refractivity contribution in [3.63, 3.8) is 0 Å². The number of hydrogen-bond acceptors (Lipinski definition) is 2. The third-order valence-corrected chi connectivity index (χ3v) is 8.11. The lowest BCUT2D eigenvalue weighted by atomic mass is 9.85. The van der Waals surface area contributed by atoms with Gasteiger partial charge in [-0.1, -0.05) is 39.2 Å². The van der Waals surface area contributed by atoms with Crippen LogP contribution in [0.25, 0.3) is 22.2 Å². The van der Waals surface area contributed by atoms with Gasteiger partial charge in [0.1, 0.15) is 0 Å². The topological polar surface area (TPSA) is 31.9 Å². The van der Waals surface area contributed by atoms with Crippen molar-refractivity contribution in [1.82, 2.24) is 14.9 Å². The number of piperidine rings is 1. The number of aromatic nitrogens is 2. The molecule has 1 saturated carbocycles. The van der Waals surface area contributed by atoms with E-state index in [-0.39, 0.29) is 0 Å². The second kappa shape index (κ2) is 9.62. The highest BCUT2D eigenvalue weighted by atomic mass is 15.1. The van der Waals surface area contributed by atoms with E-state index >= 15 is 0 Å². The van der Waals surface area contributed by atoms with E-state index in [4.69, 9.17) is 0 Å². The molecule has 3 heteroatoms. The third kappa shape index (κ3) is 4.89. The molecule has 2 aliphatic rings. The lowest BCUT2D eigenvalue weighted by Crippen LogP contribution is -2.37. The van der Waals surface area contributed by atoms with Crippen molar-refractivity contribution in [1.29, 1.82) is 0 Å². The van der Waals surface area contributed by atoms with Gasteiger partial charge >= 0.3 is 0 Å². The number of rotatable bonds is 5. The standard InChI is InChI=1S/C30H41N3/c1-20(2)29-27-18-25(24-12-14-33(15-13-24)19-23-8-6-5-7-9-23)10-11-28(27)32-30(29)26-16-21(3)31-22(4)17-26/h10-11,16-18,20,23-24,32H,5-9,12-15,19H2,1-4H3. The molecule has 5 rings (SSSR count). The van der Waals surface area contributed by atoms with Crippen LogP contribution in [0, 0.1) is 19.8 Å². The van der Waals surface area contributed by atoms with Gasteiger partial charge in [-0.2, -0.15) is 0 Å².